The van der Waals surface area contributed by atoms with E-state index in [1.165, 1.54) is 12.8 Å². The van der Waals surface area contributed by atoms with E-state index in [1.54, 1.807) is 11.7 Å². The maximum Gasteiger partial charge on any atom is 0.269 e. The number of aromatic nitrogens is 2. The summed E-state index contributed by atoms with van der Waals surface area (Å²) in [5.41, 5.74) is 1.67. The second-order valence-corrected chi connectivity index (χ2v) is 5.79. The lowest BCUT2D eigenvalue weighted by molar-refractivity contribution is 0.0925. The summed E-state index contributed by atoms with van der Waals surface area (Å²) < 4.78 is 1.65. The molecule has 1 saturated carbocycles. The number of rotatable bonds is 5. The highest BCUT2D eigenvalue weighted by Crippen LogP contribution is 2.38. The number of alkyl halides is 1. The number of carbonyl (C=O) groups excluding carboxylic acids is 1. The molecule has 1 heterocycles. The lowest BCUT2D eigenvalue weighted by Crippen LogP contribution is -2.37. The Balaban J connectivity index is 1.98. The van der Waals surface area contributed by atoms with Crippen LogP contribution in [0.1, 0.15) is 48.8 Å². The average Bonchev–Trinajstić information content (AvgIpc) is 3.03. The smallest absolute Gasteiger partial charge is 0.269 e. The first-order chi connectivity index (χ1) is 9.10. The van der Waals surface area contributed by atoms with E-state index in [2.05, 4.69) is 10.4 Å². The lowest BCUT2D eigenvalue weighted by Gasteiger charge is -2.26. The van der Waals surface area contributed by atoms with E-state index < -0.39 is 0 Å². The van der Waals surface area contributed by atoms with Crippen molar-refractivity contribution in [1.29, 1.82) is 0 Å². The summed E-state index contributed by atoms with van der Waals surface area (Å²) in [7, 11) is 1.81. The summed E-state index contributed by atoms with van der Waals surface area (Å²) in [4.78, 5) is 12.2. The molecule has 0 unspecified atom stereocenters. The summed E-state index contributed by atoms with van der Waals surface area (Å²) in [5.74, 6) is 0.574. The monoisotopic (exact) mass is 283 g/mol. The topological polar surface area (TPSA) is 46.9 Å². The Morgan fingerprint density at radius 3 is 2.74 bits per heavy atom. The fraction of sp³-hybridized carbons (Fsp3) is 0.714. The van der Waals surface area contributed by atoms with Gasteiger partial charge in [0.1, 0.15) is 5.69 Å². The minimum Gasteiger partial charge on any atom is -0.350 e. The van der Waals surface area contributed by atoms with Crippen LogP contribution in [-0.2, 0) is 13.5 Å². The molecule has 1 amide bonds. The normalized spacial score (nSPS) is 17.6. The zero-order valence-corrected chi connectivity index (χ0v) is 12.5. The van der Waals surface area contributed by atoms with Crippen LogP contribution < -0.4 is 5.32 Å². The number of hydrogen-bond acceptors (Lipinski definition) is 2. The highest BCUT2D eigenvalue weighted by Gasteiger charge is 2.33. The van der Waals surface area contributed by atoms with Crippen molar-refractivity contribution in [2.75, 3.05) is 12.4 Å². The van der Waals surface area contributed by atoms with Gasteiger partial charge in [0.05, 0.1) is 5.69 Å². The molecule has 0 atom stereocenters. The van der Waals surface area contributed by atoms with Gasteiger partial charge in [-0.15, -0.1) is 11.6 Å². The van der Waals surface area contributed by atoms with Crippen LogP contribution in [0.5, 0.6) is 0 Å². The van der Waals surface area contributed by atoms with Gasteiger partial charge in [0.2, 0.25) is 0 Å². The van der Waals surface area contributed by atoms with Crippen molar-refractivity contribution in [3.8, 4) is 0 Å². The molecule has 0 bridgehead atoms. The third-order valence-electron chi connectivity index (χ3n) is 4.10. The minimum absolute atomic E-state index is 0.0499. The summed E-state index contributed by atoms with van der Waals surface area (Å²) in [5, 5.41) is 7.32. The molecule has 19 heavy (non-hydrogen) atoms. The minimum atomic E-state index is -0.0499. The Labute approximate surface area is 119 Å². The number of halogens is 1. The number of nitrogens with one attached hydrogen (secondary N) is 1. The Kier molecular flexibility index (Phi) is 4.50. The van der Waals surface area contributed by atoms with Gasteiger partial charge in [-0.1, -0.05) is 19.8 Å². The molecule has 1 aromatic heterocycles. The van der Waals surface area contributed by atoms with Crippen molar-refractivity contribution in [2.24, 2.45) is 12.5 Å². The standard InChI is InChI=1S/C14H22ClN3O/c1-3-11-8-12(18(2)17-11)13(19)16-10-14(9-15)6-4-5-7-14/h8H,3-7,9-10H2,1-2H3,(H,16,19). The Bertz CT molecular complexity index is 450. The Morgan fingerprint density at radius 1 is 1.53 bits per heavy atom. The van der Waals surface area contributed by atoms with Crippen LogP contribution >= 0.6 is 11.6 Å². The Hall–Kier alpha value is -1.03. The van der Waals surface area contributed by atoms with Crippen LogP contribution in [0.15, 0.2) is 6.07 Å². The van der Waals surface area contributed by atoms with Crippen molar-refractivity contribution in [3.05, 3.63) is 17.5 Å². The average molecular weight is 284 g/mol. The molecule has 1 aliphatic carbocycles. The molecule has 0 saturated heterocycles. The molecule has 2 rings (SSSR count). The molecule has 106 valence electrons. The van der Waals surface area contributed by atoms with Gasteiger partial charge in [-0.05, 0) is 25.3 Å². The number of carbonyl (C=O) groups is 1. The van der Waals surface area contributed by atoms with Crippen LogP contribution in [0.25, 0.3) is 0 Å². The molecular weight excluding hydrogens is 262 g/mol. The van der Waals surface area contributed by atoms with E-state index in [-0.39, 0.29) is 11.3 Å². The predicted molar refractivity (Wildman–Crippen MR) is 76.5 cm³/mol. The first-order valence-electron chi connectivity index (χ1n) is 6.97. The second-order valence-electron chi connectivity index (χ2n) is 5.52. The van der Waals surface area contributed by atoms with Crippen LogP contribution in [0, 0.1) is 5.41 Å². The third-order valence-corrected chi connectivity index (χ3v) is 4.66. The number of hydrogen-bond donors (Lipinski definition) is 1. The summed E-state index contributed by atoms with van der Waals surface area (Å²) in [6.45, 7) is 2.70. The van der Waals surface area contributed by atoms with Crippen molar-refractivity contribution in [1.82, 2.24) is 15.1 Å². The highest BCUT2D eigenvalue weighted by molar-refractivity contribution is 6.18. The maximum atomic E-state index is 12.2. The van der Waals surface area contributed by atoms with Gasteiger partial charge in [-0.25, -0.2) is 0 Å². The largest absolute Gasteiger partial charge is 0.350 e. The fourth-order valence-electron chi connectivity index (χ4n) is 2.75. The summed E-state index contributed by atoms with van der Waals surface area (Å²) in [6.07, 6.45) is 5.50. The summed E-state index contributed by atoms with van der Waals surface area (Å²) >= 11 is 6.08. The molecule has 5 heteroatoms. The van der Waals surface area contributed by atoms with E-state index in [9.17, 15) is 4.79 Å². The van der Waals surface area contributed by atoms with Gasteiger partial charge in [0, 0.05) is 24.9 Å². The van der Waals surface area contributed by atoms with Crippen molar-refractivity contribution in [3.63, 3.8) is 0 Å². The van der Waals surface area contributed by atoms with Crippen molar-refractivity contribution < 1.29 is 4.79 Å². The lowest BCUT2D eigenvalue weighted by atomic mass is 9.88. The third kappa shape index (κ3) is 3.11. The second kappa shape index (κ2) is 5.95. The van der Waals surface area contributed by atoms with E-state index in [1.807, 2.05) is 13.0 Å². The quantitative estimate of drug-likeness (QED) is 0.844. The SMILES string of the molecule is CCc1cc(C(=O)NCC2(CCl)CCCC2)n(C)n1. The molecule has 1 N–H and O–H groups in total. The van der Waals surface area contributed by atoms with Crippen LogP contribution in [0.3, 0.4) is 0 Å². The zero-order chi connectivity index (χ0) is 13.9. The molecule has 4 nitrogen and oxygen atoms in total. The Morgan fingerprint density at radius 2 is 2.21 bits per heavy atom. The molecule has 0 spiro atoms. The molecule has 1 aliphatic rings. The van der Waals surface area contributed by atoms with Gasteiger partial charge in [-0.3, -0.25) is 9.48 Å². The van der Waals surface area contributed by atoms with Crippen LogP contribution in [-0.4, -0.2) is 28.1 Å². The fourth-order valence-corrected chi connectivity index (χ4v) is 3.11. The maximum absolute atomic E-state index is 12.2. The van der Waals surface area contributed by atoms with Gasteiger partial charge >= 0.3 is 0 Å². The van der Waals surface area contributed by atoms with E-state index >= 15 is 0 Å². The highest BCUT2D eigenvalue weighted by atomic mass is 35.5. The molecule has 1 fully saturated rings. The number of aryl methyl sites for hydroxylation is 2. The van der Waals surface area contributed by atoms with Gasteiger partial charge < -0.3 is 5.32 Å². The van der Waals surface area contributed by atoms with Crippen LogP contribution in [0.2, 0.25) is 0 Å². The first-order valence-corrected chi connectivity index (χ1v) is 7.51. The summed E-state index contributed by atoms with van der Waals surface area (Å²) in [6, 6.07) is 1.86. The zero-order valence-electron chi connectivity index (χ0n) is 11.7. The van der Waals surface area contributed by atoms with E-state index in [0.29, 0.717) is 18.1 Å². The number of amides is 1. The molecule has 0 radical (unpaired) electrons. The van der Waals surface area contributed by atoms with E-state index in [4.69, 9.17) is 11.6 Å². The molecule has 0 aromatic carbocycles. The molecule has 1 aromatic rings. The van der Waals surface area contributed by atoms with Gasteiger partial charge in [-0.2, -0.15) is 5.10 Å². The van der Waals surface area contributed by atoms with Gasteiger partial charge in [0.15, 0.2) is 0 Å². The van der Waals surface area contributed by atoms with Crippen molar-refractivity contribution in [2.45, 2.75) is 39.0 Å². The molecular formula is C14H22ClN3O. The first kappa shape index (κ1) is 14.4. The molecule has 0 aliphatic heterocycles. The predicted octanol–water partition coefficient (Wildman–Crippen LogP) is 2.51. The number of nitrogens with zero attached hydrogens (tertiary/aromatic N) is 2. The van der Waals surface area contributed by atoms with Crippen molar-refractivity contribution >= 4 is 17.5 Å². The van der Waals surface area contributed by atoms with Crippen LogP contribution in [0.4, 0.5) is 0 Å². The van der Waals surface area contributed by atoms with E-state index in [0.717, 1.165) is 25.0 Å². The van der Waals surface area contributed by atoms with Gasteiger partial charge in [0.25, 0.3) is 5.91 Å².